The van der Waals surface area contributed by atoms with E-state index in [9.17, 15) is 0 Å². The maximum Gasteiger partial charge on any atom is 0.0534 e. The van der Waals surface area contributed by atoms with Crippen molar-refractivity contribution < 1.29 is 9.84 Å². The molecular weight excluding hydrogens is 166 g/mol. The first-order chi connectivity index (χ1) is 6.29. The lowest BCUT2D eigenvalue weighted by Crippen LogP contribution is -2.32. The number of rotatable bonds is 5. The van der Waals surface area contributed by atoms with Gasteiger partial charge in [-0.05, 0) is 38.6 Å². The maximum atomic E-state index is 9.00. The van der Waals surface area contributed by atoms with E-state index in [2.05, 4.69) is 5.32 Å². The smallest absolute Gasteiger partial charge is 0.0534 e. The Hall–Kier alpha value is -0.120. The summed E-state index contributed by atoms with van der Waals surface area (Å²) in [5.74, 6) is 0.683. The van der Waals surface area contributed by atoms with Crippen molar-refractivity contribution in [2.75, 3.05) is 26.3 Å². The number of hydrogen-bond acceptors (Lipinski definition) is 3. The van der Waals surface area contributed by atoms with Crippen LogP contribution in [-0.4, -0.2) is 37.5 Å². The van der Waals surface area contributed by atoms with E-state index in [1.807, 2.05) is 0 Å². The molecule has 0 spiro atoms. The molecule has 0 aromatic rings. The van der Waals surface area contributed by atoms with Crippen LogP contribution in [0.15, 0.2) is 0 Å². The molecule has 0 aliphatic carbocycles. The summed E-state index contributed by atoms with van der Waals surface area (Å²) < 4.78 is 5.48. The van der Waals surface area contributed by atoms with Gasteiger partial charge in [0.05, 0.1) is 12.7 Å². The van der Waals surface area contributed by atoms with Crippen molar-refractivity contribution in [1.82, 2.24) is 5.32 Å². The zero-order valence-electron chi connectivity index (χ0n) is 8.46. The van der Waals surface area contributed by atoms with Gasteiger partial charge in [0.1, 0.15) is 0 Å². The second-order valence-electron chi connectivity index (χ2n) is 3.92. The second kappa shape index (κ2) is 6.35. The molecule has 1 saturated heterocycles. The number of piperidine rings is 1. The van der Waals surface area contributed by atoms with Crippen molar-refractivity contribution >= 4 is 0 Å². The molecule has 13 heavy (non-hydrogen) atoms. The van der Waals surface area contributed by atoms with Crippen LogP contribution < -0.4 is 5.32 Å². The molecule has 0 bridgehead atoms. The third-order valence-corrected chi connectivity index (χ3v) is 2.43. The van der Waals surface area contributed by atoms with Crippen molar-refractivity contribution in [3.8, 4) is 0 Å². The molecule has 0 aromatic heterocycles. The van der Waals surface area contributed by atoms with Gasteiger partial charge >= 0.3 is 0 Å². The first-order valence-electron chi connectivity index (χ1n) is 5.25. The van der Waals surface area contributed by atoms with Crippen LogP contribution in [0, 0.1) is 5.92 Å². The number of hydrogen-bond donors (Lipinski definition) is 2. The van der Waals surface area contributed by atoms with E-state index in [-0.39, 0.29) is 6.10 Å². The molecule has 78 valence electrons. The maximum absolute atomic E-state index is 9.00. The van der Waals surface area contributed by atoms with Gasteiger partial charge in [-0.3, -0.25) is 0 Å². The minimum atomic E-state index is -0.232. The number of ether oxygens (including phenoxy) is 1. The average molecular weight is 187 g/mol. The molecule has 1 heterocycles. The predicted octanol–water partition coefficient (Wildman–Crippen LogP) is 0.773. The van der Waals surface area contributed by atoms with Gasteiger partial charge in [0.2, 0.25) is 0 Å². The summed E-state index contributed by atoms with van der Waals surface area (Å²) >= 11 is 0. The summed E-state index contributed by atoms with van der Waals surface area (Å²) in [4.78, 5) is 0. The first-order valence-corrected chi connectivity index (χ1v) is 5.25. The fourth-order valence-corrected chi connectivity index (χ4v) is 1.57. The van der Waals surface area contributed by atoms with Crippen LogP contribution >= 0.6 is 0 Å². The lowest BCUT2D eigenvalue weighted by Gasteiger charge is -2.22. The van der Waals surface area contributed by atoms with Gasteiger partial charge in [-0.1, -0.05) is 0 Å². The van der Waals surface area contributed by atoms with E-state index in [4.69, 9.17) is 9.84 Å². The molecule has 2 N–H and O–H groups in total. The van der Waals surface area contributed by atoms with Crippen LogP contribution in [-0.2, 0) is 4.74 Å². The van der Waals surface area contributed by atoms with Gasteiger partial charge in [0, 0.05) is 13.2 Å². The van der Waals surface area contributed by atoms with Crippen molar-refractivity contribution in [2.24, 2.45) is 5.92 Å². The van der Waals surface area contributed by atoms with Crippen LogP contribution in [0.4, 0.5) is 0 Å². The molecule has 1 aliphatic rings. The summed E-state index contributed by atoms with van der Waals surface area (Å²) in [5, 5.41) is 12.4. The Morgan fingerprint density at radius 2 is 2.46 bits per heavy atom. The highest BCUT2D eigenvalue weighted by Gasteiger charge is 2.12. The molecular formula is C10H21NO2. The lowest BCUT2D eigenvalue weighted by atomic mass is 10.0. The third-order valence-electron chi connectivity index (χ3n) is 2.43. The third kappa shape index (κ3) is 5.24. The monoisotopic (exact) mass is 187 g/mol. The van der Waals surface area contributed by atoms with E-state index in [0.29, 0.717) is 12.5 Å². The van der Waals surface area contributed by atoms with E-state index in [0.717, 1.165) is 26.1 Å². The molecule has 3 heteroatoms. The van der Waals surface area contributed by atoms with Crippen molar-refractivity contribution in [1.29, 1.82) is 0 Å². The number of aliphatic hydroxyl groups is 1. The zero-order chi connectivity index (χ0) is 9.52. The molecule has 0 saturated carbocycles. The van der Waals surface area contributed by atoms with E-state index in [1.165, 1.54) is 12.8 Å². The molecule has 0 aromatic carbocycles. The van der Waals surface area contributed by atoms with Gasteiger partial charge in [-0.2, -0.15) is 0 Å². The lowest BCUT2D eigenvalue weighted by molar-refractivity contribution is 0.0622. The van der Waals surface area contributed by atoms with Crippen molar-refractivity contribution in [3.63, 3.8) is 0 Å². The van der Waals surface area contributed by atoms with E-state index >= 15 is 0 Å². The second-order valence-corrected chi connectivity index (χ2v) is 3.92. The molecule has 1 rings (SSSR count). The quantitative estimate of drug-likeness (QED) is 0.625. The zero-order valence-corrected chi connectivity index (χ0v) is 8.46. The van der Waals surface area contributed by atoms with Crippen molar-refractivity contribution in [2.45, 2.75) is 32.3 Å². The highest BCUT2D eigenvalue weighted by atomic mass is 16.5. The largest absolute Gasteiger partial charge is 0.393 e. The minimum absolute atomic E-state index is 0.232. The van der Waals surface area contributed by atoms with Crippen LogP contribution in [0.1, 0.15) is 26.2 Å². The Morgan fingerprint density at radius 1 is 1.62 bits per heavy atom. The van der Waals surface area contributed by atoms with Gasteiger partial charge in [0.15, 0.2) is 0 Å². The first kappa shape index (κ1) is 11.0. The highest BCUT2D eigenvalue weighted by Crippen LogP contribution is 2.10. The summed E-state index contributed by atoms with van der Waals surface area (Å²) in [6.45, 7) is 5.58. The Balaban J connectivity index is 1.92. The van der Waals surface area contributed by atoms with Gasteiger partial charge in [0.25, 0.3) is 0 Å². The summed E-state index contributed by atoms with van der Waals surface area (Å²) in [6, 6.07) is 0. The Kier molecular flexibility index (Phi) is 5.35. The van der Waals surface area contributed by atoms with Gasteiger partial charge in [-0.15, -0.1) is 0 Å². The van der Waals surface area contributed by atoms with Crippen LogP contribution in [0.25, 0.3) is 0 Å². The number of nitrogens with one attached hydrogen (secondary N) is 1. The predicted molar refractivity (Wildman–Crippen MR) is 52.7 cm³/mol. The normalized spacial score (nSPS) is 25.8. The standard InChI is InChI=1S/C10H21NO2/c1-9(12)4-6-13-8-10-3-2-5-11-7-10/h9-12H,2-8H2,1H3. The SMILES string of the molecule is CC(O)CCOCC1CCCNC1. The van der Waals surface area contributed by atoms with Gasteiger partial charge in [-0.25, -0.2) is 0 Å². The average Bonchev–Trinajstić information content (AvgIpc) is 2.14. The van der Waals surface area contributed by atoms with E-state index in [1.54, 1.807) is 6.92 Å². The Labute approximate surface area is 80.5 Å². The fourth-order valence-electron chi connectivity index (χ4n) is 1.57. The molecule has 2 atom stereocenters. The van der Waals surface area contributed by atoms with Crippen molar-refractivity contribution in [3.05, 3.63) is 0 Å². The molecule has 0 radical (unpaired) electrons. The highest BCUT2D eigenvalue weighted by molar-refractivity contribution is 4.68. The van der Waals surface area contributed by atoms with Crippen LogP contribution in [0.5, 0.6) is 0 Å². The topological polar surface area (TPSA) is 41.5 Å². The summed E-state index contributed by atoms with van der Waals surface area (Å²) in [6.07, 6.45) is 3.07. The summed E-state index contributed by atoms with van der Waals surface area (Å²) in [5.41, 5.74) is 0. The molecule has 3 nitrogen and oxygen atoms in total. The molecule has 0 amide bonds. The van der Waals surface area contributed by atoms with E-state index < -0.39 is 0 Å². The molecule has 1 fully saturated rings. The van der Waals surface area contributed by atoms with Crippen LogP contribution in [0.3, 0.4) is 0 Å². The Bertz CT molecular complexity index is 122. The molecule has 1 aliphatic heterocycles. The van der Waals surface area contributed by atoms with Crippen LogP contribution in [0.2, 0.25) is 0 Å². The molecule has 2 unspecified atom stereocenters. The fraction of sp³-hybridized carbons (Fsp3) is 1.00. The summed E-state index contributed by atoms with van der Waals surface area (Å²) in [7, 11) is 0. The number of aliphatic hydroxyl groups excluding tert-OH is 1. The Morgan fingerprint density at radius 3 is 3.08 bits per heavy atom. The minimum Gasteiger partial charge on any atom is -0.393 e. The van der Waals surface area contributed by atoms with Gasteiger partial charge < -0.3 is 15.2 Å².